The Morgan fingerprint density at radius 1 is 1.07 bits per heavy atom. The largest absolute Gasteiger partial charge is 0.508 e. The van der Waals surface area contributed by atoms with Gasteiger partial charge in [0, 0.05) is 17.1 Å². The molecule has 1 aromatic carbocycles. The number of nitrogens with zero attached hydrogens (tertiary/aromatic N) is 2. The molecule has 1 aromatic heterocycles. The molecule has 10 nitrogen and oxygen atoms in total. The predicted molar refractivity (Wildman–Crippen MR) is 153 cm³/mol. The van der Waals surface area contributed by atoms with Crippen molar-refractivity contribution in [2.24, 2.45) is 11.8 Å². The predicted octanol–water partition coefficient (Wildman–Crippen LogP) is 3.31. The van der Waals surface area contributed by atoms with Crippen LogP contribution in [0.25, 0.3) is 16.9 Å². The number of phenolic OH excluding ortho intramolecular Hbond substituents is 1. The Morgan fingerprint density at radius 2 is 1.79 bits per heavy atom. The first-order valence-electron chi connectivity index (χ1n) is 14.5. The summed E-state index contributed by atoms with van der Waals surface area (Å²) in [5, 5.41) is 45.4. The van der Waals surface area contributed by atoms with Gasteiger partial charge in [0.05, 0.1) is 24.4 Å². The highest BCUT2D eigenvalue weighted by Gasteiger charge is 2.64. The smallest absolute Gasteiger partial charge is 0.202 e. The van der Waals surface area contributed by atoms with Gasteiger partial charge in [0.25, 0.3) is 0 Å². The number of Topliss-reactive ketones (excluding diaryl/α,β-unsaturated/α-hetero) is 3. The number of benzene rings is 1. The molecule has 0 radical (unpaired) electrons. The van der Waals surface area contributed by atoms with Gasteiger partial charge in [-0.05, 0) is 89.0 Å². The quantitative estimate of drug-likeness (QED) is 0.390. The van der Waals surface area contributed by atoms with Crippen LogP contribution in [-0.2, 0) is 27.3 Å². The summed E-state index contributed by atoms with van der Waals surface area (Å²) in [6, 6.07) is 4.05. The van der Waals surface area contributed by atoms with E-state index in [2.05, 4.69) is 4.90 Å². The summed E-state index contributed by atoms with van der Waals surface area (Å²) in [6.07, 6.45) is 5.41. The average molecular weight is 577 g/mol. The summed E-state index contributed by atoms with van der Waals surface area (Å²) in [7, 11) is 3.23. The summed E-state index contributed by atoms with van der Waals surface area (Å²) in [5.74, 6) is -4.98. The number of piperidine rings is 1. The van der Waals surface area contributed by atoms with Crippen LogP contribution in [0.5, 0.6) is 5.75 Å². The molecule has 1 saturated heterocycles. The van der Waals surface area contributed by atoms with Crippen molar-refractivity contribution in [3.63, 3.8) is 0 Å². The van der Waals surface area contributed by atoms with E-state index in [-0.39, 0.29) is 29.7 Å². The number of rotatable bonds is 5. The van der Waals surface area contributed by atoms with Crippen LogP contribution in [0.15, 0.2) is 45.8 Å². The summed E-state index contributed by atoms with van der Waals surface area (Å²) in [6.45, 7) is 3.68. The number of hydrogen-bond acceptors (Lipinski definition) is 10. The van der Waals surface area contributed by atoms with Gasteiger partial charge in [-0.15, -0.1) is 0 Å². The second-order valence-corrected chi connectivity index (χ2v) is 12.2. The minimum absolute atomic E-state index is 0.0754. The van der Waals surface area contributed by atoms with Crippen molar-refractivity contribution >= 4 is 23.1 Å². The number of aliphatic hydroxyl groups is 3. The zero-order valence-corrected chi connectivity index (χ0v) is 24.0. The minimum atomic E-state index is -2.58. The molecule has 1 saturated carbocycles. The van der Waals surface area contributed by atoms with Gasteiger partial charge in [-0.25, -0.2) is 0 Å². The lowest BCUT2D eigenvalue weighted by atomic mass is 9.57. The molecule has 2 aromatic rings. The monoisotopic (exact) mass is 576 g/mol. The van der Waals surface area contributed by atoms with Crippen LogP contribution in [0.1, 0.15) is 49.5 Å². The number of carbonyl (C=O) groups excluding carboxylic acids is 3. The van der Waals surface area contributed by atoms with Crippen LogP contribution in [0.3, 0.4) is 0 Å². The molecular formula is C32H36N2O8. The van der Waals surface area contributed by atoms with Gasteiger partial charge < -0.3 is 24.8 Å². The fourth-order valence-electron chi connectivity index (χ4n) is 7.62. The van der Waals surface area contributed by atoms with Crippen LogP contribution in [0, 0.1) is 11.8 Å². The van der Waals surface area contributed by atoms with E-state index in [1.54, 1.807) is 31.3 Å². The zero-order valence-electron chi connectivity index (χ0n) is 24.0. The number of carbonyl (C=O) groups is 3. The molecule has 0 amide bonds. The first-order valence-corrected chi connectivity index (χ1v) is 14.5. The molecule has 0 spiro atoms. The van der Waals surface area contributed by atoms with Crippen molar-refractivity contribution in [1.82, 2.24) is 9.80 Å². The highest BCUT2D eigenvalue weighted by atomic mass is 16.3. The average Bonchev–Trinajstić information content (AvgIpc) is 3.38. The molecule has 4 atom stereocenters. The van der Waals surface area contributed by atoms with Gasteiger partial charge in [0.15, 0.2) is 17.2 Å². The van der Waals surface area contributed by atoms with E-state index in [0.29, 0.717) is 12.1 Å². The lowest BCUT2D eigenvalue weighted by Crippen LogP contribution is -2.65. The van der Waals surface area contributed by atoms with Gasteiger partial charge in [-0.1, -0.05) is 12.5 Å². The van der Waals surface area contributed by atoms with Gasteiger partial charge in [-0.3, -0.25) is 24.2 Å². The van der Waals surface area contributed by atoms with Gasteiger partial charge in [0.2, 0.25) is 5.78 Å². The maximum atomic E-state index is 14.1. The molecule has 1 aliphatic heterocycles. The van der Waals surface area contributed by atoms with Crippen LogP contribution in [0.2, 0.25) is 0 Å². The minimum Gasteiger partial charge on any atom is -0.508 e. The van der Waals surface area contributed by atoms with Crippen molar-refractivity contribution < 1.29 is 39.2 Å². The van der Waals surface area contributed by atoms with Gasteiger partial charge in [-0.2, -0.15) is 0 Å². The van der Waals surface area contributed by atoms with E-state index in [1.807, 2.05) is 6.07 Å². The Bertz CT molecular complexity index is 1560. The summed E-state index contributed by atoms with van der Waals surface area (Å²) in [5.41, 5.74) is -1.01. The normalized spacial score (nSPS) is 28.2. The summed E-state index contributed by atoms with van der Waals surface area (Å²) < 4.78 is 5.90. The number of likely N-dealkylation sites (tertiary alicyclic amines) is 1. The van der Waals surface area contributed by atoms with Crippen LogP contribution >= 0.6 is 0 Å². The highest BCUT2D eigenvalue weighted by molar-refractivity contribution is 6.25. The number of ketones is 3. The molecule has 42 heavy (non-hydrogen) atoms. The third-order valence-corrected chi connectivity index (χ3v) is 9.56. The maximum Gasteiger partial charge on any atom is 0.202 e. The van der Waals surface area contributed by atoms with E-state index in [9.17, 15) is 34.8 Å². The second-order valence-electron chi connectivity index (χ2n) is 12.2. The van der Waals surface area contributed by atoms with E-state index in [1.165, 1.54) is 12.5 Å². The maximum absolute atomic E-state index is 14.1. The highest BCUT2D eigenvalue weighted by Crippen LogP contribution is 2.54. The third kappa shape index (κ3) is 4.07. The fourth-order valence-corrected chi connectivity index (χ4v) is 7.62. The first-order chi connectivity index (χ1) is 20.0. The SMILES string of the molecule is CC(=O)C1=C(O)[C@@]2(O)C(=O)C3=C(O)c4c(O)ccc(-c5ccoc5CN5CCCCC5)c4C[C@H]3C[C@H]2[C@H](N(C)C)C1=O. The standard InChI is InChI=1S/C32H36N2O8/c1-16(35)24-29(38)27(33(2)3)21-14-17-13-20-18(19-9-12-42-23(19)15-34-10-5-4-6-11-34)7-8-22(36)26(20)28(37)25(17)31(40)32(21,41)30(24)39/h7-9,12,17,21,27,36-37,39,41H,4-6,10-11,13-15H2,1-3H3/t17-,21-,27-,32+/m0/s1. The van der Waals surface area contributed by atoms with E-state index >= 15 is 0 Å². The van der Waals surface area contributed by atoms with Crippen LogP contribution in [-0.4, -0.2) is 86.4 Å². The number of aliphatic hydroxyl groups excluding tert-OH is 2. The molecule has 4 aliphatic rings. The number of aromatic hydroxyl groups is 1. The van der Waals surface area contributed by atoms with Crippen LogP contribution < -0.4 is 0 Å². The van der Waals surface area contributed by atoms with E-state index < -0.39 is 57.9 Å². The molecule has 0 bridgehead atoms. The topological polar surface area (TPSA) is 152 Å². The van der Waals surface area contributed by atoms with E-state index in [4.69, 9.17) is 4.42 Å². The number of hydrogen-bond donors (Lipinski definition) is 4. The Hall–Kier alpha value is -3.73. The Labute approximate surface area is 243 Å². The number of furan rings is 1. The number of phenols is 1. The molecule has 10 heteroatoms. The van der Waals surface area contributed by atoms with Gasteiger partial charge in [0.1, 0.15) is 28.6 Å². The molecule has 0 unspecified atom stereocenters. The Balaban J connectivity index is 1.48. The number of fused-ring (bicyclic) bond motifs is 3. The first kappa shape index (κ1) is 28.4. The Kier molecular flexibility index (Phi) is 6.91. The lowest BCUT2D eigenvalue weighted by Gasteiger charge is -2.50. The number of likely N-dealkylation sites (N-methyl/N-ethyl adjacent to an activating group) is 1. The second kappa shape index (κ2) is 10.2. The lowest BCUT2D eigenvalue weighted by molar-refractivity contribution is -0.153. The molecule has 3 aliphatic carbocycles. The van der Waals surface area contributed by atoms with Crippen molar-refractivity contribution in [2.75, 3.05) is 27.2 Å². The zero-order chi connectivity index (χ0) is 30.1. The van der Waals surface area contributed by atoms with Gasteiger partial charge >= 0.3 is 0 Å². The van der Waals surface area contributed by atoms with Crippen molar-refractivity contribution in [3.05, 3.63) is 58.3 Å². The molecule has 6 rings (SSSR count). The van der Waals surface area contributed by atoms with Crippen LogP contribution in [0.4, 0.5) is 0 Å². The summed E-state index contributed by atoms with van der Waals surface area (Å²) >= 11 is 0. The molecular weight excluding hydrogens is 540 g/mol. The van der Waals surface area contributed by atoms with Crippen molar-refractivity contribution in [1.29, 1.82) is 0 Å². The fraction of sp³-hybridized carbons (Fsp3) is 0.469. The van der Waals surface area contributed by atoms with Crippen molar-refractivity contribution in [3.8, 4) is 16.9 Å². The summed E-state index contributed by atoms with van der Waals surface area (Å²) in [4.78, 5) is 43.7. The Morgan fingerprint density at radius 3 is 2.45 bits per heavy atom. The van der Waals surface area contributed by atoms with Crippen molar-refractivity contribution in [2.45, 2.75) is 57.2 Å². The molecule has 4 N–H and O–H groups in total. The third-order valence-electron chi connectivity index (χ3n) is 9.56. The molecule has 222 valence electrons. The molecule has 2 heterocycles. The van der Waals surface area contributed by atoms with E-state index in [0.717, 1.165) is 49.7 Å². The molecule has 2 fully saturated rings.